The number of amides is 1. The molecule has 0 aliphatic heterocycles. The van der Waals surface area contributed by atoms with Crippen molar-refractivity contribution in [1.82, 2.24) is 9.62 Å². The summed E-state index contributed by atoms with van der Waals surface area (Å²) in [4.78, 5) is 12.8. The molecule has 0 aromatic heterocycles. The number of carbonyl (C=O) groups is 1. The van der Waals surface area contributed by atoms with Crippen LogP contribution >= 0.6 is 0 Å². The van der Waals surface area contributed by atoms with E-state index in [2.05, 4.69) is 11.4 Å². The summed E-state index contributed by atoms with van der Waals surface area (Å²) in [5.41, 5.74) is 3.33. The van der Waals surface area contributed by atoms with Crippen LogP contribution in [0.25, 0.3) is 0 Å². The van der Waals surface area contributed by atoms with Gasteiger partial charge in [0.25, 0.3) is 0 Å². The molecule has 1 aliphatic rings. The predicted octanol–water partition coefficient (Wildman–Crippen LogP) is 4.19. The number of nitrogens with zero attached hydrogens (tertiary/aromatic N) is 1. The summed E-state index contributed by atoms with van der Waals surface area (Å²) in [6.07, 6.45) is 7.75. The molecule has 0 bridgehead atoms. The molecule has 0 unspecified atom stereocenters. The van der Waals surface area contributed by atoms with Crippen molar-refractivity contribution in [3.05, 3.63) is 77.4 Å². The maximum atomic E-state index is 13.2. The summed E-state index contributed by atoms with van der Waals surface area (Å²) >= 11 is 0. The normalized spacial score (nSPS) is 14.4. The number of hydrogen-bond acceptors (Lipinski definition) is 3. The molecule has 5 nitrogen and oxygen atoms in total. The van der Waals surface area contributed by atoms with Gasteiger partial charge in [-0.15, -0.1) is 0 Å². The smallest absolute Gasteiger partial charge is 0.243 e. The summed E-state index contributed by atoms with van der Waals surface area (Å²) in [6.45, 7) is 2.46. The first kappa shape index (κ1) is 22.2. The van der Waals surface area contributed by atoms with Crippen LogP contribution in [0.1, 0.15) is 43.2 Å². The van der Waals surface area contributed by atoms with Crippen LogP contribution in [0.4, 0.5) is 0 Å². The third-order valence-electron chi connectivity index (χ3n) is 5.33. The van der Waals surface area contributed by atoms with Crippen molar-refractivity contribution in [3.8, 4) is 0 Å². The fourth-order valence-corrected chi connectivity index (χ4v) is 4.98. The van der Waals surface area contributed by atoms with Gasteiger partial charge in [-0.3, -0.25) is 4.79 Å². The van der Waals surface area contributed by atoms with Gasteiger partial charge in [-0.25, -0.2) is 8.42 Å². The van der Waals surface area contributed by atoms with Crippen LogP contribution in [0.2, 0.25) is 0 Å². The number of rotatable bonds is 9. The lowest BCUT2D eigenvalue weighted by Crippen LogP contribution is -2.40. The Morgan fingerprint density at radius 3 is 2.43 bits per heavy atom. The van der Waals surface area contributed by atoms with E-state index in [9.17, 15) is 13.2 Å². The van der Waals surface area contributed by atoms with Crippen molar-refractivity contribution in [1.29, 1.82) is 0 Å². The minimum absolute atomic E-state index is 0.149. The lowest BCUT2D eigenvalue weighted by molar-refractivity contribution is -0.121. The molecule has 3 rings (SSSR count). The van der Waals surface area contributed by atoms with E-state index >= 15 is 0 Å². The molecule has 1 aliphatic carbocycles. The van der Waals surface area contributed by atoms with E-state index < -0.39 is 10.0 Å². The highest BCUT2D eigenvalue weighted by Gasteiger charge is 2.26. The first-order chi connectivity index (χ1) is 14.4. The Bertz CT molecular complexity index is 967. The van der Waals surface area contributed by atoms with Gasteiger partial charge in [-0.05, 0) is 56.7 Å². The minimum Gasteiger partial charge on any atom is -0.355 e. The molecule has 0 heterocycles. The fourth-order valence-electron chi connectivity index (χ4n) is 3.57. The fraction of sp³-hybridized carbons (Fsp3) is 0.375. The molecule has 2 aromatic carbocycles. The number of nitrogens with one attached hydrogen (secondary N) is 1. The van der Waals surface area contributed by atoms with Gasteiger partial charge in [-0.1, -0.05) is 59.7 Å². The van der Waals surface area contributed by atoms with Gasteiger partial charge in [0.2, 0.25) is 15.9 Å². The van der Waals surface area contributed by atoms with Gasteiger partial charge in [0.05, 0.1) is 11.4 Å². The van der Waals surface area contributed by atoms with Crippen molar-refractivity contribution < 1.29 is 13.2 Å². The second-order valence-corrected chi connectivity index (χ2v) is 9.72. The van der Waals surface area contributed by atoms with E-state index in [4.69, 9.17) is 0 Å². The van der Waals surface area contributed by atoms with E-state index in [1.54, 1.807) is 30.3 Å². The lowest BCUT2D eigenvalue weighted by Gasteiger charge is -2.22. The summed E-state index contributed by atoms with van der Waals surface area (Å²) < 4.78 is 27.6. The average Bonchev–Trinajstić information content (AvgIpc) is 2.76. The molecule has 6 heteroatoms. The second kappa shape index (κ2) is 10.5. The third kappa shape index (κ3) is 6.28. The molecule has 0 saturated carbocycles. The van der Waals surface area contributed by atoms with Crippen LogP contribution in [0.15, 0.2) is 71.1 Å². The Balaban J connectivity index is 1.69. The van der Waals surface area contributed by atoms with Crippen LogP contribution in [0, 0.1) is 6.92 Å². The zero-order chi connectivity index (χ0) is 21.4. The molecule has 0 saturated heterocycles. The zero-order valence-electron chi connectivity index (χ0n) is 17.5. The number of benzene rings is 2. The van der Waals surface area contributed by atoms with Crippen LogP contribution < -0.4 is 5.32 Å². The number of allylic oxidation sites excluding steroid dienone is 1. The summed E-state index contributed by atoms with van der Waals surface area (Å²) in [6, 6.07) is 16.0. The maximum absolute atomic E-state index is 13.2. The molecular formula is C24H30N2O3S. The minimum atomic E-state index is -3.79. The summed E-state index contributed by atoms with van der Waals surface area (Å²) in [5, 5.41) is 2.89. The van der Waals surface area contributed by atoms with E-state index in [0.29, 0.717) is 6.54 Å². The van der Waals surface area contributed by atoms with E-state index in [0.717, 1.165) is 30.4 Å². The molecule has 30 heavy (non-hydrogen) atoms. The number of carbonyl (C=O) groups excluding carboxylic acids is 1. The first-order valence-electron chi connectivity index (χ1n) is 10.5. The second-order valence-electron chi connectivity index (χ2n) is 7.78. The Morgan fingerprint density at radius 1 is 1.03 bits per heavy atom. The quantitative estimate of drug-likeness (QED) is 0.612. The maximum Gasteiger partial charge on any atom is 0.243 e. The monoisotopic (exact) mass is 426 g/mol. The van der Waals surface area contributed by atoms with Gasteiger partial charge < -0.3 is 5.32 Å². The number of sulfonamides is 1. The molecule has 0 atom stereocenters. The Kier molecular flexibility index (Phi) is 7.82. The molecule has 160 valence electrons. The van der Waals surface area contributed by atoms with Crippen molar-refractivity contribution >= 4 is 15.9 Å². The van der Waals surface area contributed by atoms with E-state index in [-0.39, 0.29) is 23.9 Å². The largest absolute Gasteiger partial charge is 0.355 e. The third-order valence-corrected chi connectivity index (χ3v) is 7.14. The van der Waals surface area contributed by atoms with Gasteiger partial charge in [0, 0.05) is 13.1 Å². The SMILES string of the molecule is Cc1ccc(CN(CC(=O)NCCC2=CCCCC2)S(=O)(=O)c2ccccc2)cc1. The average molecular weight is 427 g/mol. The van der Waals surface area contributed by atoms with Crippen LogP contribution in [-0.4, -0.2) is 31.7 Å². The lowest BCUT2D eigenvalue weighted by atomic mass is 9.97. The molecule has 0 fully saturated rings. The molecule has 0 radical (unpaired) electrons. The number of hydrogen-bond donors (Lipinski definition) is 1. The van der Waals surface area contributed by atoms with Crippen molar-refractivity contribution in [2.45, 2.75) is 50.5 Å². The Morgan fingerprint density at radius 2 is 1.77 bits per heavy atom. The number of aryl methyl sites for hydroxylation is 1. The standard InChI is InChI=1S/C24H30N2O3S/c1-20-12-14-22(15-13-20)18-26(30(28,29)23-10-6-3-7-11-23)19-24(27)25-17-16-21-8-4-2-5-9-21/h3,6-8,10-15H,2,4-5,9,16-19H2,1H3,(H,25,27). The molecular weight excluding hydrogens is 396 g/mol. The van der Waals surface area contributed by atoms with Crippen LogP contribution in [0.3, 0.4) is 0 Å². The van der Waals surface area contributed by atoms with E-state index in [1.807, 2.05) is 31.2 Å². The van der Waals surface area contributed by atoms with Crippen molar-refractivity contribution in [2.75, 3.05) is 13.1 Å². The Hall–Kier alpha value is -2.44. The van der Waals surface area contributed by atoms with Crippen molar-refractivity contribution in [3.63, 3.8) is 0 Å². The molecule has 1 N–H and O–H groups in total. The first-order valence-corrected chi connectivity index (χ1v) is 11.9. The highest BCUT2D eigenvalue weighted by molar-refractivity contribution is 7.89. The van der Waals surface area contributed by atoms with Gasteiger partial charge in [0.15, 0.2) is 0 Å². The molecule has 2 aromatic rings. The predicted molar refractivity (Wildman–Crippen MR) is 119 cm³/mol. The zero-order valence-corrected chi connectivity index (χ0v) is 18.3. The van der Waals surface area contributed by atoms with Gasteiger partial charge in [-0.2, -0.15) is 4.31 Å². The molecule has 1 amide bonds. The Labute approximate surface area is 179 Å². The highest BCUT2D eigenvalue weighted by Crippen LogP contribution is 2.20. The summed E-state index contributed by atoms with van der Waals surface area (Å²) in [5.74, 6) is -0.280. The molecule has 0 spiro atoms. The van der Waals surface area contributed by atoms with Gasteiger partial charge in [0.1, 0.15) is 0 Å². The van der Waals surface area contributed by atoms with Crippen LogP contribution in [0.5, 0.6) is 0 Å². The topological polar surface area (TPSA) is 66.5 Å². The summed E-state index contributed by atoms with van der Waals surface area (Å²) in [7, 11) is -3.79. The van der Waals surface area contributed by atoms with Crippen molar-refractivity contribution in [2.24, 2.45) is 0 Å². The van der Waals surface area contributed by atoms with Gasteiger partial charge >= 0.3 is 0 Å². The highest BCUT2D eigenvalue weighted by atomic mass is 32.2. The van der Waals surface area contributed by atoms with E-state index in [1.165, 1.54) is 22.7 Å². The van der Waals surface area contributed by atoms with Crippen LogP contribution in [-0.2, 0) is 21.4 Å².